The first kappa shape index (κ1) is 39.4. The number of aryl methyl sites for hydroxylation is 2. The Labute approximate surface area is 333 Å². The van der Waals surface area contributed by atoms with E-state index in [-0.39, 0.29) is 29.5 Å². The third kappa shape index (κ3) is 9.08. The third-order valence-corrected chi connectivity index (χ3v) is 10.8. The maximum Gasteiger partial charge on any atom is 0.249 e. The lowest BCUT2D eigenvalue weighted by atomic mass is 10.0. The van der Waals surface area contributed by atoms with Gasteiger partial charge in [-0.05, 0) is 106 Å². The molecule has 0 saturated carbocycles. The van der Waals surface area contributed by atoms with Crippen LogP contribution in [0.4, 0.5) is 11.6 Å². The Kier molecular flexibility index (Phi) is 12.1. The highest BCUT2D eigenvalue weighted by molar-refractivity contribution is 5.93. The number of phenols is 2. The van der Waals surface area contributed by atoms with E-state index < -0.39 is 6.10 Å². The number of carbonyl (C=O) groups excluding carboxylic acids is 1. The second kappa shape index (κ2) is 17.5. The summed E-state index contributed by atoms with van der Waals surface area (Å²) in [6.45, 7) is 9.28. The number of para-hydroxylation sites is 2. The zero-order valence-corrected chi connectivity index (χ0v) is 32.9. The van der Waals surface area contributed by atoms with Gasteiger partial charge in [-0.1, -0.05) is 49.7 Å². The molecule has 4 heterocycles. The number of anilines is 2. The Hall–Kier alpha value is -5.85. The highest BCUT2D eigenvalue weighted by atomic mass is 16.3. The molecule has 2 aliphatic rings. The number of nitrogens with one attached hydrogen (secondary N) is 1. The number of nitrogens with two attached hydrogens (primary N) is 1. The zero-order chi connectivity index (χ0) is 40.1. The summed E-state index contributed by atoms with van der Waals surface area (Å²) in [5.74, 6) is 2.88. The highest BCUT2D eigenvalue weighted by Crippen LogP contribution is 2.34. The number of amides is 1. The number of fused-ring (bicyclic) bond motifs is 2. The van der Waals surface area contributed by atoms with Crippen molar-refractivity contribution >= 4 is 39.3 Å². The molecule has 6 aromatic rings. The Morgan fingerprint density at radius 2 is 1.18 bits per heavy atom. The van der Waals surface area contributed by atoms with Crippen LogP contribution < -0.4 is 20.9 Å². The van der Waals surface area contributed by atoms with Crippen LogP contribution in [-0.2, 0) is 4.79 Å². The SMILES string of the molecule is CCCC(O)C(=O)NC1CCN(c2nc(-c3ccccc3O)nc3cc(C)ccc23)CC1.Cc1ccc2c(N3CCC(N)CC3)nc(-c3ccccc3O)nc2c1. The van der Waals surface area contributed by atoms with Crippen LogP contribution in [0.15, 0.2) is 84.9 Å². The Balaban J connectivity index is 0.000000179. The second-order valence-electron chi connectivity index (χ2n) is 15.2. The van der Waals surface area contributed by atoms with Crippen molar-refractivity contribution in [3.63, 3.8) is 0 Å². The second-order valence-corrected chi connectivity index (χ2v) is 15.2. The quantitative estimate of drug-likeness (QED) is 0.110. The van der Waals surface area contributed by atoms with Gasteiger partial charge in [0.25, 0.3) is 0 Å². The first-order valence-corrected chi connectivity index (χ1v) is 20.0. The van der Waals surface area contributed by atoms with Gasteiger partial charge in [0, 0.05) is 49.0 Å². The predicted molar refractivity (Wildman–Crippen MR) is 226 cm³/mol. The van der Waals surface area contributed by atoms with E-state index in [0.29, 0.717) is 29.2 Å². The molecular weight excluding hydrogens is 717 g/mol. The zero-order valence-electron chi connectivity index (χ0n) is 32.9. The van der Waals surface area contributed by atoms with Crippen molar-refractivity contribution in [2.75, 3.05) is 36.0 Å². The number of piperidine rings is 2. The van der Waals surface area contributed by atoms with E-state index in [2.05, 4.69) is 46.3 Å². The fourth-order valence-corrected chi connectivity index (χ4v) is 7.54. The van der Waals surface area contributed by atoms with Gasteiger partial charge in [-0.2, -0.15) is 0 Å². The molecule has 0 aliphatic carbocycles. The van der Waals surface area contributed by atoms with Crippen molar-refractivity contribution in [1.29, 1.82) is 0 Å². The molecule has 2 fully saturated rings. The molecular formula is C45H52N8O4. The summed E-state index contributed by atoms with van der Waals surface area (Å²) in [7, 11) is 0. The van der Waals surface area contributed by atoms with Gasteiger partial charge in [0.1, 0.15) is 29.2 Å². The van der Waals surface area contributed by atoms with Crippen molar-refractivity contribution in [2.24, 2.45) is 5.73 Å². The number of aliphatic hydroxyl groups excluding tert-OH is 1. The first-order chi connectivity index (χ1) is 27.6. The van der Waals surface area contributed by atoms with Gasteiger partial charge in [-0.3, -0.25) is 4.79 Å². The van der Waals surface area contributed by atoms with E-state index in [9.17, 15) is 20.1 Å². The number of rotatable bonds is 8. The number of aliphatic hydroxyl groups is 1. The first-order valence-electron chi connectivity index (χ1n) is 20.0. The minimum Gasteiger partial charge on any atom is -0.507 e. The number of nitrogens with zero attached hydrogens (tertiary/aromatic N) is 6. The number of phenolic OH excluding ortho intramolecular Hbond substituents is 2. The Bertz CT molecular complexity index is 2360. The van der Waals surface area contributed by atoms with Gasteiger partial charge in [0.2, 0.25) is 5.91 Å². The summed E-state index contributed by atoms with van der Waals surface area (Å²) in [5, 5.41) is 35.5. The largest absolute Gasteiger partial charge is 0.507 e. The smallest absolute Gasteiger partial charge is 0.249 e. The normalized spacial score (nSPS) is 15.7. The van der Waals surface area contributed by atoms with E-state index in [1.54, 1.807) is 24.3 Å². The summed E-state index contributed by atoms with van der Waals surface area (Å²) in [4.78, 5) is 35.8. The molecule has 0 spiro atoms. The predicted octanol–water partition coefficient (Wildman–Crippen LogP) is 6.80. The molecule has 2 saturated heterocycles. The standard InChI is InChI=1S/C25H30N4O3.C20H22N4O/c1-3-6-22(31)25(32)26-17-11-13-29(14-12-17)24-18-10-9-16(2)15-20(18)27-23(28-24)19-7-4-5-8-21(19)30;1-13-6-7-15-17(12-13)22-19(16-4-2-3-5-18(16)25)23-20(15)24-10-8-14(21)9-11-24/h4-5,7-10,15,17,22,30-31H,3,6,11-14H2,1-2H3,(H,26,32);2-7,12,14,25H,8-11,21H2,1H3. The summed E-state index contributed by atoms with van der Waals surface area (Å²) < 4.78 is 0. The van der Waals surface area contributed by atoms with Gasteiger partial charge in [-0.15, -0.1) is 0 Å². The van der Waals surface area contributed by atoms with Crippen molar-refractivity contribution in [3.05, 3.63) is 96.1 Å². The summed E-state index contributed by atoms with van der Waals surface area (Å²) in [6.07, 6.45) is 3.78. The van der Waals surface area contributed by atoms with Crippen molar-refractivity contribution in [2.45, 2.75) is 77.5 Å². The molecule has 0 radical (unpaired) electrons. The molecule has 2 aliphatic heterocycles. The summed E-state index contributed by atoms with van der Waals surface area (Å²) >= 11 is 0. The molecule has 296 valence electrons. The molecule has 1 atom stereocenters. The average molecular weight is 769 g/mol. The number of aromatic hydroxyl groups is 2. The lowest BCUT2D eigenvalue weighted by molar-refractivity contribution is -0.130. The third-order valence-electron chi connectivity index (χ3n) is 10.8. The lowest BCUT2D eigenvalue weighted by Crippen LogP contribution is -2.47. The van der Waals surface area contributed by atoms with Gasteiger partial charge in [-0.25, -0.2) is 19.9 Å². The number of hydrogen-bond acceptors (Lipinski definition) is 11. The summed E-state index contributed by atoms with van der Waals surface area (Å²) in [5.41, 5.74) is 11.3. The van der Waals surface area contributed by atoms with Crippen LogP contribution in [0.3, 0.4) is 0 Å². The van der Waals surface area contributed by atoms with Crippen LogP contribution in [0.2, 0.25) is 0 Å². The topological polar surface area (TPSA) is 174 Å². The van der Waals surface area contributed by atoms with E-state index in [1.807, 2.05) is 50.2 Å². The van der Waals surface area contributed by atoms with Crippen LogP contribution in [0.25, 0.3) is 44.6 Å². The molecule has 0 bridgehead atoms. The molecule has 2 aromatic heterocycles. The maximum absolute atomic E-state index is 12.2. The van der Waals surface area contributed by atoms with E-state index in [0.717, 1.165) is 103 Å². The average Bonchev–Trinajstić information content (AvgIpc) is 3.21. The number of carbonyl (C=O) groups is 1. The molecule has 12 heteroatoms. The molecule has 6 N–H and O–H groups in total. The Morgan fingerprint density at radius 1 is 0.719 bits per heavy atom. The van der Waals surface area contributed by atoms with Crippen LogP contribution in [0.5, 0.6) is 11.5 Å². The van der Waals surface area contributed by atoms with Gasteiger partial charge in [0.15, 0.2) is 11.6 Å². The van der Waals surface area contributed by atoms with Crippen molar-refractivity contribution < 1.29 is 20.1 Å². The number of benzene rings is 4. The molecule has 1 unspecified atom stereocenters. The minimum atomic E-state index is -0.937. The van der Waals surface area contributed by atoms with E-state index in [1.165, 1.54) is 0 Å². The van der Waals surface area contributed by atoms with Gasteiger partial charge >= 0.3 is 0 Å². The van der Waals surface area contributed by atoms with Crippen LogP contribution >= 0.6 is 0 Å². The Morgan fingerprint density at radius 3 is 1.63 bits per heavy atom. The van der Waals surface area contributed by atoms with Crippen molar-refractivity contribution in [1.82, 2.24) is 25.3 Å². The monoisotopic (exact) mass is 768 g/mol. The van der Waals surface area contributed by atoms with E-state index >= 15 is 0 Å². The van der Waals surface area contributed by atoms with Gasteiger partial charge in [0.05, 0.1) is 22.2 Å². The molecule has 1 amide bonds. The highest BCUT2D eigenvalue weighted by Gasteiger charge is 2.26. The summed E-state index contributed by atoms with van der Waals surface area (Å²) in [6, 6.07) is 27.0. The number of aromatic nitrogens is 4. The molecule has 57 heavy (non-hydrogen) atoms. The van der Waals surface area contributed by atoms with Crippen LogP contribution in [0.1, 0.15) is 56.6 Å². The minimum absolute atomic E-state index is 0.0400. The molecule has 4 aromatic carbocycles. The van der Waals surface area contributed by atoms with E-state index in [4.69, 9.17) is 25.7 Å². The molecule has 8 rings (SSSR count). The number of hydrogen-bond donors (Lipinski definition) is 5. The van der Waals surface area contributed by atoms with Gasteiger partial charge < -0.3 is 36.2 Å². The molecule has 12 nitrogen and oxygen atoms in total. The fraction of sp³-hybridized carbons (Fsp3) is 0.356. The maximum atomic E-state index is 12.2. The fourth-order valence-electron chi connectivity index (χ4n) is 7.54. The van der Waals surface area contributed by atoms with Crippen LogP contribution in [0, 0.1) is 13.8 Å². The lowest BCUT2D eigenvalue weighted by Gasteiger charge is -2.34. The van der Waals surface area contributed by atoms with Crippen molar-refractivity contribution in [3.8, 4) is 34.3 Å². The van der Waals surface area contributed by atoms with Crippen LogP contribution in [-0.4, -0.2) is 85.5 Å².